The lowest BCUT2D eigenvalue weighted by Crippen LogP contribution is -2.27. The maximum Gasteiger partial charge on any atom is 0.240 e. The van der Waals surface area contributed by atoms with Gasteiger partial charge in [0.2, 0.25) is 10.0 Å². The Morgan fingerprint density at radius 3 is 2.47 bits per heavy atom. The van der Waals surface area contributed by atoms with Crippen LogP contribution in [0.2, 0.25) is 0 Å². The third-order valence-corrected chi connectivity index (χ3v) is 6.69. The van der Waals surface area contributed by atoms with Crippen LogP contribution in [-0.4, -0.2) is 29.5 Å². The van der Waals surface area contributed by atoms with E-state index in [-0.39, 0.29) is 11.4 Å². The maximum absolute atomic E-state index is 12.7. The number of rotatable bonds is 6. The highest BCUT2D eigenvalue weighted by molar-refractivity contribution is 7.89. The van der Waals surface area contributed by atoms with E-state index in [1.54, 1.807) is 18.3 Å². The second-order valence-electron chi connectivity index (χ2n) is 7.44. The lowest BCUT2D eigenvalue weighted by Gasteiger charge is -2.11. The van der Waals surface area contributed by atoms with Crippen molar-refractivity contribution >= 4 is 21.2 Å². The fraction of sp³-hybridized carbons (Fsp3) is 0.217. The summed E-state index contributed by atoms with van der Waals surface area (Å²) in [7, 11) is -3.59. The molecule has 0 bridgehead atoms. The number of hydrogen-bond acceptors (Lipinski definition) is 4. The Bertz CT molecular complexity index is 1310. The molecule has 0 fully saturated rings. The van der Waals surface area contributed by atoms with E-state index in [1.807, 2.05) is 67.8 Å². The first kappa shape index (κ1) is 20.3. The number of imidazole rings is 1. The molecule has 0 aliphatic heterocycles. The summed E-state index contributed by atoms with van der Waals surface area (Å²) in [5.41, 5.74) is 5.66. The van der Waals surface area contributed by atoms with E-state index in [4.69, 9.17) is 4.98 Å². The molecule has 0 unspecified atom stereocenters. The van der Waals surface area contributed by atoms with Crippen LogP contribution >= 0.6 is 0 Å². The molecule has 1 N–H and O–H groups in total. The van der Waals surface area contributed by atoms with E-state index in [1.165, 1.54) is 5.56 Å². The van der Waals surface area contributed by atoms with E-state index in [2.05, 4.69) is 9.71 Å². The number of pyridine rings is 1. The number of hydrogen-bond donors (Lipinski definition) is 1. The minimum Gasteiger partial charge on any atom is -0.307 e. The Kier molecular flexibility index (Phi) is 5.40. The predicted molar refractivity (Wildman–Crippen MR) is 119 cm³/mol. The Hall–Kier alpha value is -3.03. The zero-order valence-corrected chi connectivity index (χ0v) is 18.1. The van der Waals surface area contributed by atoms with E-state index in [9.17, 15) is 8.42 Å². The molecule has 0 aliphatic rings. The Balaban J connectivity index is 1.61. The molecule has 0 aliphatic carbocycles. The normalized spacial score (nSPS) is 11.8. The number of sulfonamides is 1. The second-order valence-corrected chi connectivity index (χ2v) is 9.21. The lowest BCUT2D eigenvalue weighted by molar-refractivity contribution is 0.574. The minimum atomic E-state index is -3.59. The van der Waals surface area contributed by atoms with Crippen LogP contribution in [0.15, 0.2) is 65.7 Å². The van der Waals surface area contributed by atoms with Gasteiger partial charge in [-0.3, -0.25) is 0 Å². The summed E-state index contributed by atoms with van der Waals surface area (Å²) in [6.07, 6.45) is 1.72. The van der Waals surface area contributed by atoms with E-state index >= 15 is 0 Å². The van der Waals surface area contributed by atoms with Gasteiger partial charge in [-0.05, 0) is 56.2 Å². The molecular weight excluding hydrogens is 396 g/mol. The van der Waals surface area contributed by atoms with Gasteiger partial charge in [0, 0.05) is 24.8 Å². The van der Waals surface area contributed by atoms with Crippen molar-refractivity contribution in [2.24, 2.45) is 0 Å². The molecule has 4 rings (SSSR count). The quantitative estimate of drug-likeness (QED) is 0.511. The van der Waals surface area contributed by atoms with E-state index in [0.717, 1.165) is 33.7 Å². The summed E-state index contributed by atoms with van der Waals surface area (Å²) in [5, 5.41) is 0. The molecule has 4 aromatic rings. The zero-order valence-electron chi connectivity index (χ0n) is 17.3. The van der Waals surface area contributed by atoms with Gasteiger partial charge in [0.05, 0.1) is 4.90 Å². The SMILES string of the molecule is Cc1ccc(-c2nc3cccnc3n2CCNS(=O)(=O)c2ccc(C)c(C)c2)cc1. The van der Waals surface area contributed by atoms with Gasteiger partial charge in [0.25, 0.3) is 0 Å². The van der Waals surface area contributed by atoms with Gasteiger partial charge < -0.3 is 4.57 Å². The van der Waals surface area contributed by atoms with Crippen LogP contribution in [-0.2, 0) is 16.6 Å². The lowest BCUT2D eigenvalue weighted by atomic mass is 10.1. The van der Waals surface area contributed by atoms with Crippen molar-refractivity contribution in [1.29, 1.82) is 0 Å². The molecule has 0 amide bonds. The smallest absolute Gasteiger partial charge is 0.240 e. The Morgan fingerprint density at radius 2 is 1.73 bits per heavy atom. The zero-order chi connectivity index (χ0) is 21.3. The summed E-state index contributed by atoms with van der Waals surface area (Å²) in [6.45, 7) is 6.56. The molecule has 0 saturated heterocycles. The fourth-order valence-corrected chi connectivity index (χ4v) is 4.46. The maximum atomic E-state index is 12.7. The second kappa shape index (κ2) is 8.01. The monoisotopic (exact) mass is 420 g/mol. The summed E-state index contributed by atoms with van der Waals surface area (Å²) < 4.78 is 30.1. The molecule has 30 heavy (non-hydrogen) atoms. The summed E-state index contributed by atoms with van der Waals surface area (Å²) in [5.74, 6) is 0.772. The Labute approximate surface area is 176 Å². The molecule has 6 nitrogen and oxygen atoms in total. The molecule has 0 atom stereocenters. The highest BCUT2D eigenvalue weighted by Gasteiger charge is 2.17. The van der Waals surface area contributed by atoms with E-state index in [0.29, 0.717) is 6.54 Å². The van der Waals surface area contributed by atoms with Crippen molar-refractivity contribution in [3.05, 3.63) is 77.5 Å². The third-order valence-electron chi connectivity index (χ3n) is 5.23. The molecular formula is C23H24N4O2S. The van der Waals surface area contributed by atoms with Gasteiger partial charge in [-0.2, -0.15) is 0 Å². The highest BCUT2D eigenvalue weighted by Crippen LogP contribution is 2.24. The topological polar surface area (TPSA) is 76.9 Å². The van der Waals surface area contributed by atoms with Crippen LogP contribution in [0.25, 0.3) is 22.6 Å². The number of aryl methyl sites for hydroxylation is 3. The molecule has 154 valence electrons. The summed E-state index contributed by atoms with van der Waals surface area (Å²) in [4.78, 5) is 9.47. The molecule has 0 spiro atoms. The van der Waals surface area contributed by atoms with Crippen molar-refractivity contribution in [1.82, 2.24) is 19.3 Å². The van der Waals surface area contributed by atoms with Crippen molar-refractivity contribution in [3.8, 4) is 11.4 Å². The van der Waals surface area contributed by atoms with Crippen molar-refractivity contribution < 1.29 is 8.42 Å². The van der Waals surface area contributed by atoms with Crippen molar-refractivity contribution in [2.75, 3.05) is 6.54 Å². The van der Waals surface area contributed by atoms with Crippen LogP contribution in [0.1, 0.15) is 16.7 Å². The van der Waals surface area contributed by atoms with Gasteiger partial charge in [0.15, 0.2) is 5.65 Å². The molecule has 0 saturated carbocycles. The van der Waals surface area contributed by atoms with Gasteiger partial charge in [-0.25, -0.2) is 23.1 Å². The number of nitrogens with one attached hydrogen (secondary N) is 1. The van der Waals surface area contributed by atoms with Crippen molar-refractivity contribution in [3.63, 3.8) is 0 Å². The van der Waals surface area contributed by atoms with Gasteiger partial charge >= 0.3 is 0 Å². The summed E-state index contributed by atoms with van der Waals surface area (Å²) >= 11 is 0. The number of aromatic nitrogens is 3. The van der Waals surface area contributed by atoms with Crippen LogP contribution < -0.4 is 4.72 Å². The van der Waals surface area contributed by atoms with E-state index < -0.39 is 10.0 Å². The molecule has 2 aromatic heterocycles. The fourth-order valence-electron chi connectivity index (χ4n) is 3.35. The van der Waals surface area contributed by atoms with Crippen molar-refractivity contribution in [2.45, 2.75) is 32.2 Å². The van der Waals surface area contributed by atoms with Gasteiger partial charge in [-0.1, -0.05) is 35.9 Å². The van der Waals surface area contributed by atoms with Gasteiger partial charge in [-0.15, -0.1) is 0 Å². The first-order chi connectivity index (χ1) is 14.3. The molecule has 0 radical (unpaired) electrons. The number of fused-ring (bicyclic) bond motifs is 1. The third kappa shape index (κ3) is 3.99. The van der Waals surface area contributed by atoms with Crippen LogP contribution in [0.4, 0.5) is 0 Å². The number of benzene rings is 2. The Morgan fingerprint density at radius 1 is 0.967 bits per heavy atom. The molecule has 2 heterocycles. The number of nitrogens with zero attached hydrogens (tertiary/aromatic N) is 3. The average Bonchev–Trinajstić information content (AvgIpc) is 3.09. The molecule has 2 aromatic carbocycles. The average molecular weight is 421 g/mol. The first-order valence-electron chi connectivity index (χ1n) is 9.80. The van der Waals surface area contributed by atoms with Crippen LogP contribution in [0.3, 0.4) is 0 Å². The minimum absolute atomic E-state index is 0.232. The standard InChI is InChI=1S/C23H24N4O2S/c1-16-6-9-19(10-7-16)22-26-21-5-4-12-24-23(21)27(22)14-13-25-30(28,29)20-11-8-17(2)18(3)15-20/h4-12,15,25H,13-14H2,1-3H3. The molecule has 7 heteroatoms. The van der Waals surface area contributed by atoms with Crippen LogP contribution in [0, 0.1) is 20.8 Å². The first-order valence-corrected chi connectivity index (χ1v) is 11.3. The summed E-state index contributed by atoms with van der Waals surface area (Å²) in [6, 6.07) is 17.0. The van der Waals surface area contributed by atoms with Gasteiger partial charge in [0.1, 0.15) is 11.3 Å². The highest BCUT2D eigenvalue weighted by atomic mass is 32.2. The largest absolute Gasteiger partial charge is 0.307 e. The predicted octanol–water partition coefficient (Wildman–Crippen LogP) is 4.00. The van der Waals surface area contributed by atoms with Crippen LogP contribution in [0.5, 0.6) is 0 Å².